The van der Waals surface area contributed by atoms with E-state index in [0.29, 0.717) is 0 Å². The Morgan fingerprint density at radius 2 is 1.94 bits per heavy atom. The molecular weight excluding hydrogens is 228 g/mol. The average Bonchev–Trinajstić information content (AvgIpc) is 2.81. The number of hydrogen-bond acceptors (Lipinski definition) is 3. The molecule has 1 aliphatic rings. The Labute approximate surface area is 110 Å². The van der Waals surface area contributed by atoms with Crippen molar-refractivity contribution >= 4 is 6.01 Å². The number of nitrogens with zero attached hydrogens (tertiary/aromatic N) is 4. The van der Waals surface area contributed by atoms with Gasteiger partial charge in [0.2, 0.25) is 0 Å². The van der Waals surface area contributed by atoms with Crippen molar-refractivity contribution in [3.05, 3.63) is 5.41 Å². The number of rotatable bonds is 6. The van der Waals surface area contributed by atoms with Crippen molar-refractivity contribution < 1.29 is 9.22 Å². The number of likely N-dealkylation sites (tertiary alicyclic amines) is 1. The molecule has 1 saturated heterocycles. The molecule has 0 bridgehead atoms. The van der Waals surface area contributed by atoms with Crippen LogP contribution in [0.3, 0.4) is 0 Å². The van der Waals surface area contributed by atoms with Gasteiger partial charge in [0.1, 0.15) is 0 Å². The summed E-state index contributed by atoms with van der Waals surface area (Å²) in [6, 6.07) is 1.28. The molecule has 0 unspecified atom stereocenters. The normalized spacial score (nSPS) is 16.1. The van der Waals surface area contributed by atoms with Crippen LogP contribution >= 0.6 is 0 Å². The average molecular weight is 252 g/mol. The third-order valence-electron chi connectivity index (χ3n) is 3.03. The van der Waals surface area contributed by atoms with Gasteiger partial charge < -0.3 is 19.6 Å². The first-order chi connectivity index (χ1) is 8.74. The smallest absolute Gasteiger partial charge is 0.183 e. The monoisotopic (exact) mass is 252 g/mol. The molecule has 0 aliphatic carbocycles. The third kappa shape index (κ3) is 7.18. The Balaban J connectivity index is 0.000000494. The number of quaternary nitrogens is 1. The Kier molecular flexibility index (Phi) is 10.2. The molecule has 0 saturated carbocycles. The van der Waals surface area contributed by atoms with Gasteiger partial charge >= 0.3 is 0 Å². The molecule has 18 heavy (non-hydrogen) atoms. The van der Waals surface area contributed by atoms with Gasteiger partial charge in [-0.1, -0.05) is 13.8 Å². The molecule has 1 fully saturated rings. The Morgan fingerprint density at radius 1 is 1.28 bits per heavy atom. The second-order valence-corrected chi connectivity index (χ2v) is 4.57. The Morgan fingerprint density at radius 3 is 2.33 bits per heavy atom. The highest BCUT2D eigenvalue weighted by Gasteiger charge is 2.30. The molecule has 1 heterocycles. The number of hydrogen-bond donors (Lipinski definition) is 0. The molecule has 5 nitrogen and oxygen atoms in total. The summed E-state index contributed by atoms with van der Waals surface area (Å²) in [6.07, 6.45) is 6.51. The lowest BCUT2D eigenvalue weighted by Gasteiger charge is -2.33. The molecule has 0 aromatic carbocycles. The molecule has 1 rings (SSSR count). The molecule has 0 radical (unpaired) electrons. The summed E-state index contributed by atoms with van der Waals surface area (Å²) in [7, 11) is 0. The molecule has 1 aliphatic heterocycles. The summed E-state index contributed by atoms with van der Waals surface area (Å²) in [5.74, 6) is 0. The van der Waals surface area contributed by atoms with Gasteiger partial charge in [-0.2, -0.15) is 5.26 Å². The van der Waals surface area contributed by atoms with Crippen LogP contribution in [0.4, 0.5) is 0 Å². The van der Waals surface area contributed by atoms with Crippen LogP contribution in [0.1, 0.15) is 39.5 Å². The van der Waals surface area contributed by atoms with Crippen molar-refractivity contribution in [2.45, 2.75) is 39.5 Å². The number of aliphatic imine (C=N–C) groups is 1. The van der Waals surface area contributed by atoms with E-state index in [9.17, 15) is 0 Å². The standard InChI is InChI=1S/C11H24NO.C2N3/c1-3-7-12(8-5-6-9-12)11-13-10-4-2;3-1-5-2-4/h3-11H2,1-2H3;/q+1;-1. The minimum Gasteiger partial charge on any atom is -0.422 e. The minimum atomic E-state index is 0.934. The van der Waals surface area contributed by atoms with Gasteiger partial charge in [-0.15, -0.1) is 6.01 Å². The fraction of sp³-hybridized carbons (Fsp3) is 0.846. The van der Waals surface area contributed by atoms with E-state index < -0.39 is 0 Å². The minimum absolute atomic E-state index is 0.934. The number of ether oxygens (including phenoxy) is 1. The summed E-state index contributed by atoms with van der Waals surface area (Å²) in [4.78, 5) is 2.58. The number of nitriles is 1. The lowest BCUT2D eigenvalue weighted by Crippen LogP contribution is -2.47. The van der Waals surface area contributed by atoms with Gasteiger partial charge in [-0.05, 0) is 12.8 Å². The van der Waals surface area contributed by atoms with Crippen LogP contribution in [0.2, 0.25) is 0 Å². The van der Waals surface area contributed by atoms with E-state index in [1.54, 1.807) is 0 Å². The van der Waals surface area contributed by atoms with E-state index in [1.807, 2.05) is 0 Å². The summed E-state index contributed by atoms with van der Waals surface area (Å²) in [5, 5.41) is 14.9. The molecule has 0 aromatic heterocycles. The summed E-state index contributed by atoms with van der Waals surface area (Å²) in [5.41, 5.74) is 0. The molecule has 102 valence electrons. The molecule has 0 amide bonds. The van der Waals surface area contributed by atoms with Crippen molar-refractivity contribution in [1.29, 1.82) is 5.26 Å². The Bertz CT molecular complexity index is 286. The molecule has 0 spiro atoms. The summed E-state index contributed by atoms with van der Waals surface area (Å²) < 4.78 is 6.93. The fourth-order valence-corrected chi connectivity index (χ4v) is 2.32. The first-order valence-corrected chi connectivity index (χ1v) is 6.65. The summed E-state index contributed by atoms with van der Waals surface area (Å²) in [6.45, 7) is 10.3. The van der Waals surface area contributed by atoms with E-state index >= 15 is 0 Å². The van der Waals surface area contributed by atoms with Crippen LogP contribution in [0.25, 0.3) is 5.41 Å². The maximum Gasteiger partial charge on any atom is 0.183 e. The molecule has 0 aromatic rings. The van der Waals surface area contributed by atoms with Gasteiger partial charge in [0, 0.05) is 12.8 Å². The first-order valence-electron chi connectivity index (χ1n) is 6.65. The molecule has 0 N–H and O–H groups in total. The highest BCUT2D eigenvalue weighted by Crippen LogP contribution is 2.19. The van der Waals surface area contributed by atoms with Crippen molar-refractivity contribution in [3.8, 4) is 6.19 Å². The van der Waals surface area contributed by atoms with Gasteiger partial charge in [0.15, 0.2) is 6.73 Å². The second kappa shape index (κ2) is 10.9. The largest absolute Gasteiger partial charge is 0.422 e. The van der Waals surface area contributed by atoms with Crippen LogP contribution in [0.15, 0.2) is 4.99 Å². The zero-order valence-electron chi connectivity index (χ0n) is 11.6. The van der Waals surface area contributed by atoms with Gasteiger partial charge in [-0.25, -0.2) is 0 Å². The van der Waals surface area contributed by atoms with Crippen molar-refractivity contribution in [1.82, 2.24) is 0 Å². The predicted octanol–water partition coefficient (Wildman–Crippen LogP) is 2.60. The fourth-order valence-electron chi connectivity index (χ4n) is 2.32. The van der Waals surface area contributed by atoms with Gasteiger partial charge in [0.25, 0.3) is 0 Å². The van der Waals surface area contributed by atoms with E-state index in [1.165, 1.54) is 55.6 Å². The van der Waals surface area contributed by atoms with E-state index in [0.717, 1.165) is 19.8 Å². The zero-order valence-corrected chi connectivity index (χ0v) is 11.6. The quantitative estimate of drug-likeness (QED) is 0.315. The zero-order chi connectivity index (χ0) is 13.7. The maximum atomic E-state index is 7.43. The third-order valence-corrected chi connectivity index (χ3v) is 3.03. The van der Waals surface area contributed by atoms with Crippen molar-refractivity contribution in [2.24, 2.45) is 4.99 Å². The highest BCUT2D eigenvalue weighted by atomic mass is 16.5. The predicted molar refractivity (Wildman–Crippen MR) is 71.9 cm³/mol. The first kappa shape index (κ1) is 16.8. The van der Waals surface area contributed by atoms with E-state index in [4.69, 9.17) is 15.4 Å². The van der Waals surface area contributed by atoms with Crippen LogP contribution < -0.4 is 0 Å². The SMILES string of the molecule is CCCOC[N+]1(CCC)CCCC1.N#CN=C=[N-]. The lowest BCUT2D eigenvalue weighted by molar-refractivity contribution is -0.935. The summed E-state index contributed by atoms with van der Waals surface area (Å²) >= 11 is 0. The highest BCUT2D eigenvalue weighted by molar-refractivity contribution is 5.46. The topological polar surface area (TPSA) is 67.7 Å². The molecular formula is C13H24N4O. The molecule has 5 heteroatoms. The van der Waals surface area contributed by atoms with Crippen LogP contribution in [0, 0.1) is 11.5 Å². The Hall–Kier alpha value is -1.21. The molecule has 0 atom stereocenters. The van der Waals surface area contributed by atoms with Crippen molar-refractivity contribution in [3.63, 3.8) is 0 Å². The lowest BCUT2D eigenvalue weighted by atomic mass is 10.4. The van der Waals surface area contributed by atoms with Crippen LogP contribution in [0.5, 0.6) is 0 Å². The van der Waals surface area contributed by atoms with Crippen LogP contribution in [-0.2, 0) is 4.74 Å². The van der Waals surface area contributed by atoms with E-state index in [-0.39, 0.29) is 0 Å². The second-order valence-electron chi connectivity index (χ2n) is 4.57. The van der Waals surface area contributed by atoms with Crippen molar-refractivity contribution in [2.75, 3.05) is 33.0 Å². The van der Waals surface area contributed by atoms with Crippen LogP contribution in [-0.4, -0.2) is 43.5 Å². The van der Waals surface area contributed by atoms with Gasteiger partial charge in [-0.3, -0.25) is 0 Å². The maximum absolute atomic E-state index is 7.43. The van der Waals surface area contributed by atoms with Gasteiger partial charge in [0.05, 0.1) is 32.4 Å². The van der Waals surface area contributed by atoms with E-state index in [2.05, 4.69) is 18.8 Å².